The number of hydrogen-bond donors (Lipinski definition) is 1. The molecule has 0 heterocycles. The number of allylic oxidation sites excluding steroid dienone is 3. The van der Waals surface area contributed by atoms with Gasteiger partial charge in [0.05, 0.1) is 0 Å². The van der Waals surface area contributed by atoms with Crippen LogP contribution in [0.15, 0.2) is 24.3 Å². The largest absolute Gasteiger partial charge is 0.481 e. The van der Waals surface area contributed by atoms with Gasteiger partial charge in [0.25, 0.3) is 0 Å². The topological polar surface area (TPSA) is 63.6 Å². The predicted molar refractivity (Wildman–Crippen MR) is 107 cm³/mol. The number of hydrogen-bond acceptors (Lipinski definition) is 3. The van der Waals surface area contributed by atoms with Crippen LogP contribution in [0.4, 0.5) is 0 Å². The highest BCUT2D eigenvalue weighted by Gasteiger charge is 2.11. The van der Waals surface area contributed by atoms with Gasteiger partial charge in [-0.25, -0.2) is 0 Å². The normalized spacial score (nSPS) is 12.7. The minimum absolute atomic E-state index is 0.120. The van der Waals surface area contributed by atoms with Crippen molar-refractivity contribution in [3.63, 3.8) is 0 Å². The van der Waals surface area contributed by atoms with Crippen molar-refractivity contribution in [2.24, 2.45) is 0 Å². The number of rotatable bonds is 17. The Hall–Kier alpha value is -1.58. The lowest BCUT2D eigenvalue weighted by atomic mass is 10.1. The van der Waals surface area contributed by atoms with Crippen LogP contribution < -0.4 is 0 Å². The maximum atomic E-state index is 11.9. The monoisotopic (exact) mass is 366 g/mol. The third kappa shape index (κ3) is 17.2. The summed E-state index contributed by atoms with van der Waals surface area (Å²) in [7, 11) is 0. The van der Waals surface area contributed by atoms with E-state index in [-0.39, 0.29) is 18.5 Å². The van der Waals surface area contributed by atoms with Gasteiger partial charge in [0.15, 0.2) is 0 Å². The second-order valence-corrected chi connectivity index (χ2v) is 6.76. The van der Waals surface area contributed by atoms with Gasteiger partial charge < -0.3 is 9.84 Å². The molecule has 0 saturated heterocycles. The molecule has 0 aromatic carbocycles. The molecule has 1 N–H and O–H groups in total. The summed E-state index contributed by atoms with van der Waals surface area (Å²) in [6, 6.07) is 0. The van der Waals surface area contributed by atoms with E-state index in [1.54, 1.807) is 0 Å². The van der Waals surface area contributed by atoms with E-state index in [4.69, 9.17) is 9.84 Å². The van der Waals surface area contributed by atoms with Gasteiger partial charge in [0.2, 0.25) is 0 Å². The average molecular weight is 367 g/mol. The van der Waals surface area contributed by atoms with Crippen LogP contribution in [0.2, 0.25) is 0 Å². The van der Waals surface area contributed by atoms with Gasteiger partial charge in [-0.3, -0.25) is 9.59 Å². The van der Waals surface area contributed by atoms with Crippen molar-refractivity contribution in [3.05, 3.63) is 24.3 Å². The minimum atomic E-state index is -0.734. The lowest BCUT2D eigenvalue weighted by Gasteiger charge is -2.14. The van der Waals surface area contributed by atoms with Gasteiger partial charge in [-0.1, -0.05) is 64.2 Å². The van der Waals surface area contributed by atoms with Crippen LogP contribution in [0.1, 0.15) is 97.3 Å². The molecule has 4 nitrogen and oxygen atoms in total. The van der Waals surface area contributed by atoms with Gasteiger partial charge in [-0.05, 0) is 44.6 Å². The van der Waals surface area contributed by atoms with E-state index >= 15 is 0 Å². The van der Waals surface area contributed by atoms with Crippen molar-refractivity contribution in [3.8, 4) is 0 Å². The summed E-state index contributed by atoms with van der Waals surface area (Å²) in [5.41, 5.74) is 0. The molecule has 0 bridgehead atoms. The van der Waals surface area contributed by atoms with Crippen molar-refractivity contribution in [2.45, 2.75) is 103 Å². The Labute approximate surface area is 159 Å². The van der Waals surface area contributed by atoms with Gasteiger partial charge in [0, 0.05) is 12.8 Å². The molecule has 0 rings (SSSR count). The molecule has 4 heteroatoms. The lowest BCUT2D eigenvalue weighted by molar-refractivity contribution is -0.147. The highest BCUT2D eigenvalue weighted by molar-refractivity contribution is 5.69. The molecule has 150 valence electrons. The summed E-state index contributed by atoms with van der Waals surface area (Å²) in [5.74, 6) is -0.853. The number of ether oxygens (including phenoxy) is 1. The van der Waals surface area contributed by atoms with Crippen molar-refractivity contribution in [2.75, 3.05) is 0 Å². The van der Waals surface area contributed by atoms with Crippen LogP contribution in [-0.4, -0.2) is 23.1 Å². The Morgan fingerprint density at radius 3 is 2.31 bits per heavy atom. The fraction of sp³-hybridized carbons (Fsp3) is 0.727. The molecule has 0 saturated carbocycles. The molecule has 0 radical (unpaired) electrons. The zero-order valence-corrected chi connectivity index (χ0v) is 16.8. The zero-order chi connectivity index (χ0) is 19.5. The molecule has 0 fully saturated rings. The van der Waals surface area contributed by atoms with Gasteiger partial charge in [-0.2, -0.15) is 0 Å². The average Bonchev–Trinajstić information content (AvgIpc) is 2.61. The molecule has 26 heavy (non-hydrogen) atoms. The number of carbonyl (C=O) groups is 2. The van der Waals surface area contributed by atoms with Crippen molar-refractivity contribution < 1.29 is 19.4 Å². The zero-order valence-electron chi connectivity index (χ0n) is 16.8. The standard InChI is InChI=1S/C22H38O4/c1-3-5-7-8-9-10-13-16-20(26-22(25)19-6-4-2)17-14-11-12-15-18-21(23)24/h8-9,13,16,20H,3-7,10-12,14-15,17-19H2,1-2H3,(H,23,24)/b9-8-,16-13-. The Morgan fingerprint density at radius 1 is 0.885 bits per heavy atom. The van der Waals surface area contributed by atoms with E-state index in [1.165, 1.54) is 12.8 Å². The van der Waals surface area contributed by atoms with Crippen molar-refractivity contribution in [1.29, 1.82) is 0 Å². The lowest BCUT2D eigenvalue weighted by Crippen LogP contribution is -2.16. The first kappa shape index (κ1) is 24.4. The van der Waals surface area contributed by atoms with E-state index in [9.17, 15) is 9.59 Å². The van der Waals surface area contributed by atoms with E-state index in [2.05, 4.69) is 32.1 Å². The Bertz CT molecular complexity index is 412. The first-order valence-electron chi connectivity index (χ1n) is 10.3. The summed E-state index contributed by atoms with van der Waals surface area (Å²) >= 11 is 0. The summed E-state index contributed by atoms with van der Waals surface area (Å²) < 4.78 is 5.60. The van der Waals surface area contributed by atoms with Gasteiger partial charge in [-0.15, -0.1) is 0 Å². The predicted octanol–water partition coefficient (Wildman–Crippen LogP) is 6.21. The number of carboxylic acids is 1. The van der Waals surface area contributed by atoms with E-state index in [0.29, 0.717) is 12.8 Å². The summed E-state index contributed by atoms with van der Waals surface area (Å²) in [6.07, 6.45) is 19.6. The fourth-order valence-corrected chi connectivity index (χ4v) is 2.56. The quantitative estimate of drug-likeness (QED) is 0.189. The third-order valence-corrected chi connectivity index (χ3v) is 4.16. The van der Waals surface area contributed by atoms with Crippen LogP contribution in [-0.2, 0) is 14.3 Å². The fourth-order valence-electron chi connectivity index (χ4n) is 2.56. The number of esters is 1. The Kier molecular flexibility index (Phi) is 17.1. The molecular weight excluding hydrogens is 328 g/mol. The maximum Gasteiger partial charge on any atom is 0.306 e. The molecule has 0 aliphatic carbocycles. The number of carboxylic acid groups (broad SMARTS) is 1. The molecule has 0 aliphatic heterocycles. The number of carbonyl (C=O) groups excluding carboxylic acids is 1. The van der Waals surface area contributed by atoms with E-state index in [1.807, 2.05) is 6.08 Å². The SMILES string of the molecule is CCCC/C=C\C/C=C\C(CCCCCCC(=O)O)OC(=O)CCCC. The van der Waals surface area contributed by atoms with Crippen LogP contribution in [0.25, 0.3) is 0 Å². The summed E-state index contributed by atoms with van der Waals surface area (Å²) in [5, 5.41) is 8.64. The summed E-state index contributed by atoms with van der Waals surface area (Å²) in [4.78, 5) is 22.4. The molecule has 0 aromatic rings. The second-order valence-electron chi connectivity index (χ2n) is 6.76. The first-order chi connectivity index (χ1) is 12.6. The van der Waals surface area contributed by atoms with E-state index in [0.717, 1.165) is 51.4 Å². The van der Waals surface area contributed by atoms with Gasteiger partial charge >= 0.3 is 11.9 Å². The maximum absolute atomic E-state index is 11.9. The summed E-state index contributed by atoms with van der Waals surface area (Å²) in [6.45, 7) is 4.25. The molecular formula is C22H38O4. The second kappa shape index (κ2) is 18.2. The Balaban J connectivity index is 4.21. The minimum Gasteiger partial charge on any atom is -0.481 e. The molecule has 0 aliphatic rings. The smallest absolute Gasteiger partial charge is 0.306 e. The van der Waals surface area contributed by atoms with Crippen LogP contribution in [0.3, 0.4) is 0 Å². The number of aliphatic carboxylic acids is 1. The van der Waals surface area contributed by atoms with Crippen LogP contribution in [0, 0.1) is 0 Å². The molecule has 0 amide bonds. The highest BCUT2D eigenvalue weighted by atomic mass is 16.5. The van der Waals surface area contributed by atoms with Gasteiger partial charge in [0.1, 0.15) is 6.10 Å². The van der Waals surface area contributed by atoms with E-state index < -0.39 is 5.97 Å². The Morgan fingerprint density at radius 2 is 1.62 bits per heavy atom. The number of unbranched alkanes of at least 4 members (excludes halogenated alkanes) is 6. The van der Waals surface area contributed by atoms with Crippen molar-refractivity contribution >= 4 is 11.9 Å². The van der Waals surface area contributed by atoms with Crippen LogP contribution >= 0.6 is 0 Å². The third-order valence-electron chi connectivity index (χ3n) is 4.16. The van der Waals surface area contributed by atoms with Crippen LogP contribution in [0.5, 0.6) is 0 Å². The molecule has 1 unspecified atom stereocenters. The van der Waals surface area contributed by atoms with Crippen molar-refractivity contribution in [1.82, 2.24) is 0 Å². The molecule has 1 atom stereocenters. The molecule has 0 spiro atoms. The highest BCUT2D eigenvalue weighted by Crippen LogP contribution is 2.13. The first-order valence-corrected chi connectivity index (χ1v) is 10.3. The molecule has 0 aromatic heterocycles.